The van der Waals surface area contributed by atoms with Crippen molar-refractivity contribution in [2.24, 2.45) is 5.14 Å². The van der Waals surface area contributed by atoms with E-state index >= 15 is 0 Å². The van der Waals surface area contributed by atoms with Crippen molar-refractivity contribution in [1.82, 2.24) is 9.78 Å². The molecule has 1 heterocycles. The summed E-state index contributed by atoms with van der Waals surface area (Å²) in [5, 5.41) is 8.65. The van der Waals surface area contributed by atoms with Gasteiger partial charge in [0.1, 0.15) is 0 Å². The third-order valence-corrected chi connectivity index (χ3v) is 4.61. The number of rotatable bonds is 4. The molecule has 0 fully saturated rings. The van der Waals surface area contributed by atoms with Crippen molar-refractivity contribution in [2.45, 2.75) is 11.1 Å². The fourth-order valence-corrected chi connectivity index (χ4v) is 2.90. The lowest BCUT2D eigenvalue weighted by molar-refractivity contribution is -0.141. The smallest absolute Gasteiger partial charge is 0.233 e. The Morgan fingerprint density at radius 1 is 0.963 bits per heavy atom. The van der Waals surface area contributed by atoms with Crippen LogP contribution in [0.4, 0.5) is 13.2 Å². The zero-order chi connectivity index (χ0) is 19.7. The van der Waals surface area contributed by atoms with Gasteiger partial charge in [-0.25, -0.2) is 18.2 Å². The zero-order valence-corrected chi connectivity index (χ0v) is 14.6. The fourth-order valence-electron chi connectivity index (χ4n) is 2.38. The van der Waals surface area contributed by atoms with Crippen molar-refractivity contribution in [1.29, 1.82) is 0 Å². The first kappa shape index (κ1) is 18.9. The maximum Gasteiger partial charge on any atom is 0.435 e. The molecule has 1 aromatic heterocycles. The average molecular weight is 393 g/mol. The lowest BCUT2D eigenvalue weighted by Crippen LogP contribution is -2.12. The maximum absolute atomic E-state index is 13.1. The van der Waals surface area contributed by atoms with Crippen molar-refractivity contribution in [3.05, 3.63) is 77.6 Å². The van der Waals surface area contributed by atoms with E-state index in [-0.39, 0.29) is 16.3 Å². The van der Waals surface area contributed by atoms with Crippen molar-refractivity contribution in [2.75, 3.05) is 0 Å². The predicted octanol–water partition coefficient (Wildman–Crippen LogP) is 3.71. The van der Waals surface area contributed by atoms with Gasteiger partial charge < -0.3 is 0 Å². The van der Waals surface area contributed by atoms with Crippen LogP contribution < -0.4 is 5.14 Å². The Hall–Kier alpha value is -2.91. The molecule has 2 N–H and O–H groups in total. The van der Waals surface area contributed by atoms with E-state index in [2.05, 4.69) is 5.10 Å². The molecule has 2 aromatic carbocycles. The van der Waals surface area contributed by atoms with E-state index in [1.54, 1.807) is 6.08 Å². The van der Waals surface area contributed by atoms with Crippen LogP contribution >= 0.6 is 0 Å². The van der Waals surface area contributed by atoms with Crippen LogP contribution in [0.25, 0.3) is 17.8 Å². The first-order valence-electron chi connectivity index (χ1n) is 7.68. The number of nitrogens with two attached hydrogens (primary N) is 1. The molecule has 140 valence electrons. The summed E-state index contributed by atoms with van der Waals surface area (Å²) in [5.41, 5.74) is 0.217. The van der Waals surface area contributed by atoms with E-state index in [9.17, 15) is 21.6 Å². The van der Waals surface area contributed by atoms with Gasteiger partial charge in [-0.2, -0.15) is 18.3 Å². The summed E-state index contributed by atoms with van der Waals surface area (Å²) in [6, 6.07) is 15.1. The first-order chi connectivity index (χ1) is 12.6. The molecule has 3 aromatic rings. The minimum absolute atomic E-state index is 0.143. The molecular formula is C18H14F3N3O2S. The summed E-state index contributed by atoms with van der Waals surface area (Å²) in [6.45, 7) is 0. The largest absolute Gasteiger partial charge is 0.435 e. The van der Waals surface area contributed by atoms with Crippen LogP contribution in [0.2, 0.25) is 0 Å². The Kier molecular flexibility index (Phi) is 4.90. The Morgan fingerprint density at radius 3 is 2.15 bits per heavy atom. The number of halogens is 3. The van der Waals surface area contributed by atoms with Gasteiger partial charge >= 0.3 is 6.18 Å². The Balaban J connectivity index is 2.05. The van der Waals surface area contributed by atoms with Crippen LogP contribution in [-0.2, 0) is 16.2 Å². The van der Waals surface area contributed by atoms with E-state index in [1.807, 2.05) is 30.3 Å². The number of alkyl halides is 3. The molecule has 0 aliphatic heterocycles. The van der Waals surface area contributed by atoms with Gasteiger partial charge in [0.05, 0.1) is 16.3 Å². The molecule has 0 bridgehead atoms. The zero-order valence-electron chi connectivity index (χ0n) is 13.8. The Bertz CT molecular complexity index is 1070. The second kappa shape index (κ2) is 7.01. The molecule has 0 saturated carbocycles. The minimum Gasteiger partial charge on any atom is -0.233 e. The van der Waals surface area contributed by atoms with E-state index in [0.29, 0.717) is 0 Å². The highest BCUT2D eigenvalue weighted by molar-refractivity contribution is 7.89. The van der Waals surface area contributed by atoms with Gasteiger partial charge in [0, 0.05) is 0 Å². The number of aromatic nitrogens is 2. The van der Waals surface area contributed by atoms with E-state index < -0.39 is 21.9 Å². The summed E-state index contributed by atoms with van der Waals surface area (Å²) in [7, 11) is -3.90. The SMILES string of the molecule is NS(=O)(=O)c1ccc(-n2nc(C(F)(F)F)cc2C=Cc2ccccc2)cc1. The van der Waals surface area contributed by atoms with Crippen molar-refractivity contribution < 1.29 is 21.6 Å². The van der Waals surface area contributed by atoms with Gasteiger partial charge in [0.2, 0.25) is 10.0 Å². The van der Waals surface area contributed by atoms with Gasteiger partial charge in [-0.1, -0.05) is 36.4 Å². The Morgan fingerprint density at radius 2 is 1.59 bits per heavy atom. The highest BCUT2D eigenvalue weighted by Gasteiger charge is 2.34. The van der Waals surface area contributed by atoms with Crippen LogP contribution in [0, 0.1) is 0 Å². The topological polar surface area (TPSA) is 78.0 Å². The fraction of sp³-hybridized carbons (Fsp3) is 0.0556. The van der Waals surface area contributed by atoms with E-state index in [4.69, 9.17) is 5.14 Å². The standard InChI is InChI=1S/C18H14F3N3O2S/c19-18(20,21)17-12-15(7-6-13-4-2-1-3-5-13)24(23-17)14-8-10-16(11-9-14)27(22,25)26/h1-12H,(H2,22,25,26). The molecule has 0 aliphatic rings. The quantitative estimate of drug-likeness (QED) is 0.734. The molecule has 0 saturated heterocycles. The summed E-state index contributed by atoms with van der Waals surface area (Å²) in [6.07, 6.45) is -1.45. The third-order valence-electron chi connectivity index (χ3n) is 3.68. The number of hydrogen-bond acceptors (Lipinski definition) is 3. The van der Waals surface area contributed by atoms with Gasteiger partial charge in [0.25, 0.3) is 0 Å². The third kappa shape index (κ3) is 4.44. The lowest BCUT2D eigenvalue weighted by Gasteiger charge is -2.06. The molecule has 0 unspecified atom stereocenters. The van der Waals surface area contributed by atoms with Crippen LogP contribution in [-0.4, -0.2) is 18.2 Å². The Labute approximate surface area is 153 Å². The normalized spacial score (nSPS) is 12.6. The summed E-state index contributed by atoms with van der Waals surface area (Å²) in [5.74, 6) is 0. The van der Waals surface area contributed by atoms with E-state index in [1.165, 1.54) is 30.3 Å². The molecule has 0 radical (unpaired) electrons. The molecule has 0 spiro atoms. The van der Waals surface area contributed by atoms with Gasteiger partial charge in [-0.3, -0.25) is 0 Å². The summed E-state index contributed by atoms with van der Waals surface area (Å²) in [4.78, 5) is -0.143. The van der Waals surface area contributed by atoms with Gasteiger partial charge in [-0.05, 0) is 42.0 Å². The van der Waals surface area contributed by atoms with Gasteiger partial charge in [0.15, 0.2) is 5.69 Å². The van der Waals surface area contributed by atoms with Crippen molar-refractivity contribution >= 4 is 22.2 Å². The van der Waals surface area contributed by atoms with Gasteiger partial charge in [-0.15, -0.1) is 0 Å². The highest BCUT2D eigenvalue weighted by atomic mass is 32.2. The molecule has 3 rings (SSSR count). The predicted molar refractivity (Wildman–Crippen MR) is 95.3 cm³/mol. The molecular weight excluding hydrogens is 379 g/mol. The maximum atomic E-state index is 13.1. The lowest BCUT2D eigenvalue weighted by atomic mass is 10.2. The molecule has 5 nitrogen and oxygen atoms in total. The highest BCUT2D eigenvalue weighted by Crippen LogP contribution is 2.30. The molecule has 0 aliphatic carbocycles. The molecule has 0 atom stereocenters. The van der Waals surface area contributed by atoms with Crippen LogP contribution in [0.3, 0.4) is 0 Å². The monoisotopic (exact) mass is 393 g/mol. The number of nitrogens with zero attached hydrogens (tertiary/aromatic N) is 2. The van der Waals surface area contributed by atoms with Crippen LogP contribution in [0.5, 0.6) is 0 Å². The van der Waals surface area contributed by atoms with Crippen LogP contribution in [0.15, 0.2) is 65.6 Å². The number of hydrogen-bond donors (Lipinski definition) is 1. The second-order valence-electron chi connectivity index (χ2n) is 5.65. The molecule has 27 heavy (non-hydrogen) atoms. The first-order valence-corrected chi connectivity index (χ1v) is 9.23. The molecule has 9 heteroatoms. The number of sulfonamides is 1. The number of benzene rings is 2. The number of primary sulfonamides is 1. The summed E-state index contributed by atoms with van der Waals surface area (Å²) < 4.78 is 63.0. The second-order valence-corrected chi connectivity index (χ2v) is 7.21. The van der Waals surface area contributed by atoms with Crippen molar-refractivity contribution in [3.8, 4) is 5.69 Å². The minimum atomic E-state index is -4.61. The summed E-state index contributed by atoms with van der Waals surface area (Å²) >= 11 is 0. The van der Waals surface area contributed by atoms with Crippen molar-refractivity contribution in [3.63, 3.8) is 0 Å². The van der Waals surface area contributed by atoms with E-state index in [0.717, 1.165) is 16.3 Å². The van der Waals surface area contributed by atoms with Crippen LogP contribution in [0.1, 0.15) is 17.0 Å². The molecule has 0 amide bonds. The average Bonchev–Trinajstić information content (AvgIpc) is 3.05.